The Balaban J connectivity index is 1.58. The summed E-state index contributed by atoms with van der Waals surface area (Å²) in [4.78, 5) is 0. The SMILES string of the molecule is Clc1ccc([C@@H]2Nc3ccc(-c4ccccc4)cc3[C@@H]3C=CC[C@@H]32)c(Cl)c1. The molecule has 27 heavy (non-hydrogen) atoms. The van der Waals surface area contributed by atoms with Crippen LogP contribution in [-0.2, 0) is 0 Å². The highest BCUT2D eigenvalue weighted by molar-refractivity contribution is 6.35. The first-order chi connectivity index (χ1) is 13.2. The van der Waals surface area contributed by atoms with Gasteiger partial charge < -0.3 is 5.32 Å². The van der Waals surface area contributed by atoms with Gasteiger partial charge in [0.2, 0.25) is 0 Å². The summed E-state index contributed by atoms with van der Waals surface area (Å²) in [5.41, 5.74) is 6.20. The first-order valence-corrected chi connectivity index (χ1v) is 10.0. The normalized spacial score (nSPS) is 22.8. The van der Waals surface area contributed by atoms with Crippen molar-refractivity contribution in [3.63, 3.8) is 0 Å². The van der Waals surface area contributed by atoms with E-state index in [1.807, 2.05) is 12.1 Å². The van der Waals surface area contributed by atoms with E-state index >= 15 is 0 Å². The standard InChI is InChI=1S/C24H19Cl2N/c25-17-10-11-20(22(26)14-17)24-19-8-4-7-18(19)21-13-16(9-12-23(21)27-24)15-5-2-1-3-6-15/h1-7,9-14,18-19,24,27H,8H2/t18-,19+,24-/m1/s1. The van der Waals surface area contributed by atoms with Crippen molar-refractivity contribution in [2.75, 3.05) is 5.32 Å². The van der Waals surface area contributed by atoms with E-state index in [1.54, 1.807) is 0 Å². The quantitative estimate of drug-likeness (QED) is 0.446. The molecule has 0 radical (unpaired) electrons. The maximum Gasteiger partial charge on any atom is 0.0568 e. The van der Waals surface area contributed by atoms with Crippen LogP contribution in [0.1, 0.15) is 29.5 Å². The number of hydrogen-bond acceptors (Lipinski definition) is 1. The predicted octanol–water partition coefficient (Wildman–Crippen LogP) is 7.49. The molecule has 1 heterocycles. The van der Waals surface area contributed by atoms with Gasteiger partial charge >= 0.3 is 0 Å². The molecule has 0 saturated carbocycles. The Hall–Kier alpha value is -2.22. The molecule has 0 unspecified atom stereocenters. The molecule has 0 aromatic heterocycles. The lowest BCUT2D eigenvalue weighted by Crippen LogP contribution is -2.29. The highest BCUT2D eigenvalue weighted by atomic mass is 35.5. The lowest BCUT2D eigenvalue weighted by Gasteiger charge is -2.38. The van der Waals surface area contributed by atoms with Crippen LogP contribution in [0.25, 0.3) is 11.1 Å². The molecule has 2 aliphatic rings. The maximum absolute atomic E-state index is 6.54. The van der Waals surface area contributed by atoms with E-state index in [0.29, 0.717) is 16.9 Å². The lowest BCUT2D eigenvalue weighted by molar-refractivity contribution is 0.426. The van der Waals surface area contributed by atoms with Crippen LogP contribution in [0.2, 0.25) is 10.0 Å². The molecule has 3 aromatic carbocycles. The molecule has 0 spiro atoms. The molecule has 1 N–H and O–H groups in total. The summed E-state index contributed by atoms with van der Waals surface area (Å²) in [6, 6.07) is 23.3. The van der Waals surface area contributed by atoms with E-state index in [4.69, 9.17) is 23.2 Å². The van der Waals surface area contributed by atoms with Crippen LogP contribution in [0.5, 0.6) is 0 Å². The highest BCUT2D eigenvalue weighted by Gasteiger charge is 2.38. The Labute approximate surface area is 169 Å². The first kappa shape index (κ1) is 16.9. The molecule has 3 heteroatoms. The molecule has 5 rings (SSSR count). The second-order valence-electron chi connectivity index (χ2n) is 7.31. The Morgan fingerprint density at radius 1 is 0.815 bits per heavy atom. The fourth-order valence-corrected chi connectivity index (χ4v) is 4.99. The summed E-state index contributed by atoms with van der Waals surface area (Å²) in [5.74, 6) is 0.865. The highest BCUT2D eigenvalue weighted by Crippen LogP contribution is 2.51. The summed E-state index contributed by atoms with van der Waals surface area (Å²) in [7, 11) is 0. The van der Waals surface area contributed by atoms with Gasteiger partial charge in [-0.1, -0.05) is 77.8 Å². The number of nitrogens with one attached hydrogen (secondary N) is 1. The number of rotatable bonds is 2. The van der Waals surface area contributed by atoms with Gasteiger partial charge in [0.25, 0.3) is 0 Å². The van der Waals surface area contributed by atoms with Crippen molar-refractivity contribution in [3.05, 3.63) is 100 Å². The summed E-state index contributed by atoms with van der Waals surface area (Å²) < 4.78 is 0. The molecule has 1 aliphatic heterocycles. The number of fused-ring (bicyclic) bond motifs is 3. The number of anilines is 1. The topological polar surface area (TPSA) is 12.0 Å². The van der Waals surface area contributed by atoms with E-state index in [0.717, 1.165) is 17.0 Å². The van der Waals surface area contributed by atoms with E-state index in [9.17, 15) is 0 Å². The monoisotopic (exact) mass is 391 g/mol. The van der Waals surface area contributed by atoms with Crippen LogP contribution >= 0.6 is 23.2 Å². The van der Waals surface area contributed by atoms with Crippen molar-refractivity contribution in [1.29, 1.82) is 0 Å². The van der Waals surface area contributed by atoms with Gasteiger partial charge in [0, 0.05) is 21.7 Å². The molecule has 1 aliphatic carbocycles. The molecule has 3 atom stereocenters. The van der Waals surface area contributed by atoms with Crippen molar-refractivity contribution in [3.8, 4) is 11.1 Å². The van der Waals surface area contributed by atoms with Gasteiger partial charge in [-0.05, 0) is 58.9 Å². The molecule has 3 aromatic rings. The van der Waals surface area contributed by atoms with E-state index in [-0.39, 0.29) is 6.04 Å². The van der Waals surface area contributed by atoms with Gasteiger partial charge in [-0.2, -0.15) is 0 Å². The van der Waals surface area contributed by atoms with Gasteiger partial charge in [-0.3, -0.25) is 0 Å². The largest absolute Gasteiger partial charge is 0.378 e. The van der Waals surface area contributed by atoms with Gasteiger partial charge in [-0.15, -0.1) is 0 Å². The fraction of sp³-hybridized carbons (Fsp3) is 0.167. The Morgan fingerprint density at radius 2 is 1.67 bits per heavy atom. The molecular formula is C24H19Cl2N. The number of halogens is 2. The molecule has 0 amide bonds. The van der Waals surface area contributed by atoms with Crippen LogP contribution in [-0.4, -0.2) is 0 Å². The summed E-state index contributed by atoms with van der Waals surface area (Å²) in [6.45, 7) is 0. The number of hydrogen-bond donors (Lipinski definition) is 1. The zero-order valence-electron chi connectivity index (χ0n) is 14.7. The average Bonchev–Trinajstić information content (AvgIpc) is 3.18. The second kappa shape index (κ2) is 6.74. The van der Waals surface area contributed by atoms with E-state index < -0.39 is 0 Å². The number of allylic oxidation sites excluding steroid dienone is 2. The van der Waals surface area contributed by atoms with Crippen molar-refractivity contribution in [2.24, 2.45) is 5.92 Å². The third-order valence-electron chi connectivity index (χ3n) is 5.77. The smallest absolute Gasteiger partial charge is 0.0568 e. The lowest BCUT2D eigenvalue weighted by atomic mass is 9.76. The molecular weight excluding hydrogens is 373 g/mol. The minimum absolute atomic E-state index is 0.185. The maximum atomic E-state index is 6.54. The van der Waals surface area contributed by atoms with E-state index in [1.165, 1.54) is 22.4 Å². The molecule has 134 valence electrons. The van der Waals surface area contributed by atoms with Gasteiger partial charge in [0.1, 0.15) is 0 Å². The van der Waals surface area contributed by atoms with Gasteiger partial charge in [0.05, 0.1) is 6.04 Å². The Morgan fingerprint density at radius 3 is 2.48 bits per heavy atom. The van der Waals surface area contributed by atoms with Gasteiger partial charge in [-0.25, -0.2) is 0 Å². The van der Waals surface area contributed by atoms with Crippen LogP contribution in [0.4, 0.5) is 5.69 Å². The molecule has 0 fully saturated rings. The van der Waals surface area contributed by atoms with Crippen molar-refractivity contribution in [1.82, 2.24) is 0 Å². The predicted molar refractivity (Wildman–Crippen MR) is 115 cm³/mol. The first-order valence-electron chi connectivity index (χ1n) is 9.28. The minimum atomic E-state index is 0.185. The Bertz CT molecular complexity index is 1030. The van der Waals surface area contributed by atoms with Crippen LogP contribution in [0.3, 0.4) is 0 Å². The molecule has 0 saturated heterocycles. The fourth-order valence-electron chi connectivity index (χ4n) is 4.47. The summed E-state index contributed by atoms with van der Waals surface area (Å²) in [6.07, 6.45) is 5.71. The zero-order chi connectivity index (χ0) is 18.4. The summed E-state index contributed by atoms with van der Waals surface area (Å²) in [5, 5.41) is 5.16. The van der Waals surface area contributed by atoms with Crippen molar-refractivity contribution >= 4 is 28.9 Å². The van der Waals surface area contributed by atoms with Crippen molar-refractivity contribution < 1.29 is 0 Å². The Kier molecular flexibility index (Phi) is 4.22. The second-order valence-corrected chi connectivity index (χ2v) is 8.15. The zero-order valence-corrected chi connectivity index (χ0v) is 16.2. The summed E-state index contributed by atoms with van der Waals surface area (Å²) >= 11 is 12.6. The van der Waals surface area contributed by atoms with Crippen LogP contribution < -0.4 is 5.32 Å². The van der Waals surface area contributed by atoms with E-state index in [2.05, 4.69) is 72.1 Å². The average molecular weight is 392 g/mol. The third-order valence-corrected chi connectivity index (χ3v) is 6.33. The van der Waals surface area contributed by atoms with Crippen molar-refractivity contribution in [2.45, 2.75) is 18.4 Å². The number of benzene rings is 3. The molecule has 1 nitrogen and oxygen atoms in total. The van der Waals surface area contributed by atoms with Crippen LogP contribution in [0.15, 0.2) is 78.9 Å². The minimum Gasteiger partial charge on any atom is -0.378 e. The third kappa shape index (κ3) is 2.96. The van der Waals surface area contributed by atoms with Gasteiger partial charge in [0.15, 0.2) is 0 Å². The molecule has 0 bridgehead atoms. The van der Waals surface area contributed by atoms with Crippen LogP contribution in [0, 0.1) is 5.92 Å².